The van der Waals surface area contributed by atoms with Gasteiger partial charge in [0.25, 0.3) is 0 Å². The molecule has 1 rings (SSSR count). The van der Waals surface area contributed by atoms with E-state index in [0.29, 0.717) is 0 Å². The van der Waals surface area contributed by atoms with Crippen molar-refractivity contribution in [2.75, 3.05) is 20.3 Å². The first-order valence-electron chi connectivity index (χ1n) is 8.95. The molecule has 0 atom stereocenters. The lowest BCUT2D eigenvalue weighted by Crippen LogP contribution is -2.23. The fourth-order valence-electron chi connectivity index (χ4n) is 2.89. The van der Waals surface area contributed by atoms with Crippen LogP contribution in [-0.2, 0) is 0 Å². The lowest BCUT2D eigenvalue weighted by molar-refractivity contribution is 0.290. The maximum atomic E-state index is 2.41. The minimum absolute atomic E-state index is 0. The smallest absolute Gasteiger partial charge is 0.0890 e. The Morgan fingerprint density at radius 2 is 1.19 bits per heavy atom. The highest BCUT2D eigenvalue weighted by Gasteiger charge is 2.06. The second kappa shape index (κ2) is 14.7. The van der Waals surface area contributed by atoms with Crippen molar-refractivity contribution in [2.45, 2.75) is 84.0 Å². The Morgan fingerprint density at radius 1 is 0.714 bits per heavy atom. The summed E-state index contributed by atoms with van der Waals surface area (Å²) in [5.41, 5.74) is 0. The molecule has 0 spiro atoms. The summed E-state index contributed by atoms with van der Waals surface area (Å²) in [4.78, 5) is 4.65. The summed E-state index contributed by atoms with van der Waals surface area (Å²) in [6, 6.07) is 0. The van der Waals surface area contributed by atoms with Crippen molar-refractivity contribution in [3.8, 4) is 0 Å². The lowest BCUT2D eigenvalue weighted by Gasteiger charge is -2.17. The summed E-state index contributed by atoms with van der Waals surface area (Å²) in [5.74, 6) is 0. The molecule has 0 fully saturated rings. The third kappa shape index (κ3) is 12.1. The predicted octanol–water partition coefficient (Wildman–Crippen LogP) is 5.94. The number of unbranched alkanes of at least 4 members (excludes halogenated alkanes) is 11. The van der Waals surface area contributed by atoms with Gasteiger partial charge in [0.2, 0.25) is 0 Å². The van der Waals surface area contributed by atoms with Crippen LogP contribution in [0.2, 0.25) is 0 Å². The van der Waals surface area contributed by atoms with Gasteiger partial charge >= 0.3 is 0 Å². The van der Waals surface area contributed by atoms with Gasteiger partial charge in [-0.05, 0) is 6.42 Å². The summed E-state index contributed by atoms with van der Waals surface area (Å²) in [6.07, 6.45) is 21.6. The second-order valence-corrected chi connectivity index (χ2v) is 6.40. The minimum Gasteiger partial charge on any atom is -0.362 e. The molecule has 0 saturated heterocycles. The Kier molecular flexibility index (Phi) is 14.6. The van der Waals surface area contributed by atoms with Crippen molar-refractivity contribution in [2.24, 2.45) is 0 Å². The van der Waals surface area contributed by atoms with Crippen LogP contribution >= 0.6 is 17.0 Å². The van der Waals surface area contributed by atoms with Crippen LogP contribution in [0.25, 0.3) is 0 Å². The van der Waals surface area contributed by atoms with Crippen molar-refractivity contribution in [3.05, 3.63) is 12.4 Å². The van der Waals surface area contributed by atoms with Crippen LogP contribution in [0.1, 0.15) is 84.0 Å². The third-order valence-electron chi connectivity index (χ3n) is 4.24. The molecular weight excluding hydrogens is 324 g/mol. The Hall–Kier alpha value is -0.180. The van der Waals surface area contributed by atoms with E-state index < -0.39 is 0 Å². The van der Waals surface area contributed by atoms with Gasteiger partial charge in [0, 0.05) is 26.0 Å². The molecule has 2 nitrogen and oxygen atoms in total. The average molecular weight is 361 g/mol. The van der Waals surface area contributed by atoms with E-state index >= 15 is 0 Å². The quantitative estimate of drug-likeness (QED) is 0.375. The molecule has 0 amide bonds. The van der Waals surface area contributed by atoms with E-state index in [0.717, 1.165) is 6.67 Å². The summed E-state index contributed by atoms with van der Waals surface area (Å²) in [7, 11) is 2.14. The van der Waals surface area contributed by atoms with Gasteiger partial charge in [-0.25, -0.2) is 0 Å². The predicted molar refractivity (Wildman–Crippen MR) is 99.9 cm³/mol. The number of halogens is 1. The van der Waals surface area contributed by atoms with E-state index in [1.807, 2.05) is 0 Å². The Morgan fingerprint density at radius 3 is 1.62 bits per heavy atom. The maximum Gasteiger partial charge on any atom is 0.0890 e. The van der Waals surface area contributed by atoms with E-state index in [-0.39, 0.29) is 17.0 Å². The third-order valence-corrected chi connectivity index (χ3v) is 4.24. The van der Waals surface area contributed by atoms with Crippen LogP contribution in [0, 0.1) is 0 Å². The van der Waals surface area contributed by atoms with Gasteiger partial charge in [-0.3, -0.25) is 0 Å². The van der Waals surface area contributed by atoms with E-state index in [9.17, 15) is 0 Å². The minimum atomic E-state index is 0. The Bertz CT molecular complexity index is 243. The topological polar surface area (TPSA) is 6.48 Å². The van der Waals surface area contributed by atoms with Gasteiger partial charge in [0.1, 0.15) is 0 Å². The first-order chi connectivity index (χ1) is 9.83. The van der Waals surface area contributed by atoms with Crippen molar-refractivity contribution < 1.29 is 0 Å². The van der Waals surface area contributed by atoms with Gasteiger partial charge in [0.05, 0.1) is 6.67 Å². The molecule has 1 heterocycles. The Labute approximate surface area is 143 Å². The second-order valence-electron chi connectivity index (χ2n) is 6.40. The zero-order chi connectivity index (χ0) is 14.5. The molecule has 0 saturated carbocycles. The summed E-state index contributed by atoms with van der Waals surface area (Å²) in [5, 5.41) is 0. The highest BCUT2D eigenvalue weighted by molar-refractivity contribution is 8.93. The van der Waals surface area contributed by atoms with Gasteiger partial charge in [-0.1, -0.05) is 77.6 Å². The van der Waals surface area contributed by atoms with Gasteiger partial charge in [-0.2, -0.15) is 0 Å². The molecule has 0 N–H and O–H groups in total. The first-order valence-corrected chi connectivity index (χ1v) is 8.95. The normalized spacial score (nSPS) is 13.8. The van der Waals surface area contributed by atoms with Crippen molar-refractivity contribution in [1.29, 1.82) is 0 Å². The first kappa shape index (κ1) is 20.8. The van der Waals surface area contributed by atoms with E-state index in [2.05, 4.69) is 36.2 Å². The molecule has 0 aromatic heterocycles. The largest absolute Gasteiger partial charge is 0.362 e. The van der Waals surface area contributed by atoms with Crippen molar-refractivity contribution in [3.63, 3.8) is 0 Å². The Balaban J connectivity index is 0.00000400. The average Bonchev–Trinajstić information content (AvgIpc) is 2.86. The molecule has 3 heteroatoms. The molecule has 126 valence electrons. The lowest BCUT2D eigenvalue weighted by atomic mass is 10.1. The molecule has 0 radical (unpaired) electrons. The number of hydrogen-bond acceptors (Lipinski definition) is 2. The van der Waals surface area contributed by atoms with Gasteiger partial charge in [0.15, 0.2) is 0 Å². The molecule has 0 aliphatic carbocycles. The molecule has 0 aromatic carbocycles. The molecule has 1 aliphatic heterocycles. The van der Waals surface area contributed by atoms with Gasteiger partial charge < -0.3 is 9.80 Å². The van der Waals surface area contributed by atoms with Crippen LogP contribution in [0.5, 0.6) is 0 Å². The molecular formula is C18H37BrN2. The summed E-state index contributed by atoms with van der Waals surface area (Å²) < 4.78 is 0. The monoisotopic (exact) mass is 360 g/mol. The van der Waals surface area contributed by atoms with Crippen LogP contribution in [0.15, 0.2) is 12.4 Å². The molecule has 0 bridgehead atoms. The van der Waals surface area contributed by atoms with Crippen LogP contribution in [-0.4, -0.2) is 30.1 Å². The zero-order valence-electron chi connectivity index (χ0n) is 14.4. The molecule has 1 aliphatic rings. The SMILES string of the molecule is Br.CCCCCCCCCCCCCCN1C=CN(C)C1. The van der Waals surface area contributed by atoms with E-state index in [1.165, 1.54) is 83.6 Å². The number of rotatable bonds is 13. The number of nitrogens with zero attached hydrogens (tertiary/aromatic N) is 2. The van der Waals surface area contributed by atoms with Crippen LogP contribution < -0.4 is 0 Å². The molecule has 21 heavy (non-hydrogen) atoms. The highest BCUT2D eigenvalue weighted by atomic mass is 79.9. The van der Waals surface area contributed by atoms with Gasteiger partial charge in [-0.15, -0.1) is 17.0 Å². The maximum absolute atomic E-state index is 2.41. The fraction of sp³-hybridized carbons (Fsp3) is 0.889. The van der Waals surface area contributed by atoms with E-state index in [4.69, 9.17) is 0 Å². The van der Waals surface area contributed by atoms with Crippen LogP contribution in [0.3, 0.4) is 0 Å². The van der Waals surface area contributed by atoms with Crippen LogP contribution in [0.4, 0.5) is 0 Å². The summed E-state index contributed by atoms with van der Waals surface area (Å²) in [6.45, 7) is 4.61. The fourth-order valence-corrected chi connectivity index (χ4v) is 2.89. The molecule has 0 aromatic rings. The standard InChI is InChI=1S/C18H36N2.BrH/c1-3-4-5-6-7-8-9-10-11-12-13-14-15-20-17-16-19(2)18-20;/h16-17H,3-15,18H2,1-2H3;1H. The zero-order valence-corrected chi connectivity index (χ0v) is 16.1. The number of hydrogen-bond donors (Lipinski definition) is 0. The highest BCUT2D eigenvalue weighted by Crippen LogP contribution is 2.12. The van der Waals surface area contributed by atoms with E-state index in [1.54, 1.807) is 0 Å². The molecule has 0 unspecified atom stereocenters. The summed E-state index contributed by atoms with van der Waals surface area (Å²) >= 11 is 0. The van der Waals surface area contributed by atoms with Crippen molar-refractivity contribution >= 4 is 17.0 Å². The van der Waals surface area contributed by atoms with Crippen molar-refractivity contribution in [1.82, 2.24) is 9.80 Å².